The molecule has 6 nitrogen and oxygen atoms in total. The van der Waals surface area contributed by atoms with Crippen LogP contribution in [0.15, 0.2) is 24.3 Å². The Balaban J connectivity index is 3.09. The lowest BCUT2D eigenvalue weighted by molar-refractivity contribution is 0.0698. The van der Waals surface area contributed by atoms with E-state index >= 15 is 0 Å². The summed E-state index contributed by atoms with van der Waals surface area (Å²) < 4.78 is 27.3. The maximum Gasteiger partial charge on any atom is 0.337 e. The van der Waals surface area contributed by atoms with Gasteiger partial charge < -0.3 is 5.11 Å². The number of benzene rings is 1. The summed E-state index contributed by atoms with van der Waals surface area (Å²) in [6, 6.07) is 5.64. The monoisotopic (exact) mass is 272 g/mol. The molecule has 1 aromatic rings. The molecule has 0 saturated heterocycles. The Morgan fingerprint density at radius 1 is 1.33 bits per heavy atom. The lowest BCUT2D eigenvalue weighted by Gasteiger charge is -2.22. The lowest BCUT2D eigenvalue weighted by atomic mass is 10.2. The van der Waals surface area contributed by atoms with Gasteiger partial charge in [0.15, 0.2) is 0 Å². The minimum absolute atomic E-state index is 0.0532. The van der Waals surface area contributed by atoms with Gasteiger partial charge in [0, 0.05) is 13.1 Å². The highest BCUT2D eigenvalue weighted by molar-refractivity contribution is 7.90. The molecule has 18 heavy (non-hydrogen) atoms. The standard InChI is InChI=1S/C11H16N2O4S/c1-8(2)13(3)18(16,17)12-10-7-5-4-6-9(10)11(14)15/h4-8,12H,1-3H3,(H,14,15). The van der Waals surface area contributed by atoms with Gasteiger partial charge in [0.2, 0.25) is 0 Å². The second-order valence-corrected chi connectivity index (χ2v) is 5.80. The first-order valence-corrected chi connectivity index (χ1v) is 6.78. The van der Waals surface area contributed by atoms with Gasteiger partial charge >= 0.3 is 16.2 Å². The smallest absolute Gasteiger partial charge is 0.337 e. The molecule has 0 aromatic heterocycles. The molecule has 1 aromatic carbocycles. The highest BCUT2D eigenvalue weighted by atomic mass is 32.2. The fourth-order valence-electron chi connectivity index (χ4n) is 1.25. The van der Waals surface area contributed by atoms with Crippen molar-refractivity contribution in [3.63, 3.8) is 0 Å². The van der Waals surface area contributed by atoms with E-state index in [0.29, 0.717) is 0 Å². The molecular weight excluding hydrogens is 256 g/mol. The summed E-state index contributed by atoms with van der Waals surface area (Å²) >= 11 is 0. The Labute approximate surface area is 106 Å². The van der Waals surface area contributed by atoms with Gasteiger partial charge in [-0.1, -0.05) is 12.1 Å². The molecule has 100 valence electrons. The number of aromatic carboxylic acids is 1. The van der Waals surface area contributed by atoms with Crippen molar-refractivity contribution in [2.24, 2.45) is 0 Å². The predicted molar refractivity (Wildman–Crippen MR) is 68.8 cm³/mol. The number of nitrogens with one attached hydrogen (secondary N) is 1. The zero-order chi connectivity index (χ0) is 13.9. The number of carboxylic acid groups (broad SMARTS) is 1. The Bertz CT molecular complexity index is 540. The molecule has 0 heterocycles. The van der Waals surface area contributed by atoms with Crippen molar-refractivity contribution in [1.82, 2.24) is 4.31 Å². The first-order valence-electron chi connectivity index (χ1n) is 5.34. The quantitative estimate of drug-likeness (QED) is 0.847. The highest BCUT2D eigenvalue weighted by Crippen LogP contribution is 2.18. The minimum Gasteiger partial charge on any atom is -0.478 e. The van der Waals surface area contributed by atoms with Gasteiger partial charge in [-0.3, -0.25) is 4.72 Å². The van der Waals surface area contributed by atoms with E-state index in [1.807, 2.05) is 0 Å². The Hall–Kier alpha value is -1.60. The van der Waals surface area contributed by atoms with E-state index in [2.05, 4.69) is 4.72 Å². The lowest BCUT2D eigenvalue weighted by Crippen LogP contribution is -2.37. The van der Waals surface area contributed by atoms with Crippen LogP contribution < -0.4 is 4.72 Å². The molecule has 0 amide bonds. The van der Waals surface area contributed by atoms with Crippen LogP contribution in [0.1, 0.15) is 24.2 Å². The minimum atomic E-state index is -3.75. The normalized spacial score (nSPS) is 11.8. The largest absolute Gasteiger partial charge is 0.478 e. The number of nitrogens with zero attached hydrogens (tertiary/aromatic N) is 1. The van der Waals surface area contributed by atoms with E-state index in [1.165, 1.54) is 25.2 Å². The summed E-state index contributed by atoms with van der Waals surface area (Å²) in [6.07, 6.45) is 0. The summed E-state index contributed by atoms with van der Waals surface area (Å²) in [5.74, 6) is -1.18. The van der Waals surface area contributed by atoms with Crippen molar-refractivity contribution in [1.29, 1.82) is 0 Å². The Morgan fingerprint density at radius 3 is 2.39 bits per heavy atom. The zero-order valence-corrected chi connectivity index (χ0v) is 11.2. The molecule has 0 unspecified atom stereocenters. The maximum atomic E-state index is 11.9. The van der Waals surface area contributed by atoms with Crippen molar-refractivity contribution in [3.05, 3.63) is 29.8 Å². The number of rotatable bonds is 5. The van der Waals surface area contributed by atoms with Crippen LogP contribution in [-0.2, 0) is 10.2 Å². The second kappa shape index (κ2) is 5.36. The number of hydrogen-bond donors (Lipinski definition) is 2. The molecule has 0 saturated carbocycles. The van der Waals surface area contributed by atoms with Crippen molar-refractivity contribution in [2.45, 2.75) is 19.9 Å². The molecule has 0 aliphatic rings. The Morgan fingerprint density at radius 2 is 1.89 bits per heavy atom. The van der Waals surface area contributed by atoms with Crippen molar-refractivity contribution in [3.8, 4) is 0 Å². The molecule has 2 N–H and O–H groups in total. The zero-order valence-electron chi connectivity index (χ0n) is 10.4. The maximum absolute atomic E-state index is 11.9. The molecule has 1 rings (SSSR count). The fourth-order valence-corrected chi connectivity index (χ4v) is 2.40. The molecule has 0 radical (unpaired) electrons. The average Bonchev–Trinajstić information content (AvgIpc) is 2.27. The van der Waals surface area contributed by atoms with Gasteiger partial charge in [-0.15, -0.1) is 0 Å². The van der Waals surface area contributed by atoms with Crippen LogP contribution in [0.25, 0.3) is 0 Å². The van der Waals surface area contributed by atoms with Crippen LogP contribution in [0, 0.1) is 0 Å². The molecular formula is C11H16N2O4S. The van der Waals surface area contributed by atoms with Crippen LogP contribution >= 0.6 is 0 Å². The third-order valence-electron chi connectivity index (χ3n) is 2.50. The fraction of sp³-hybridized carbons (Fsp3) is 0.364. The first kappa shape index (κ1) is 14.5. The topological polar surface area (TPSA) is 86.7 Å². The number of anilines is 1. The predicted octanol–water partition coefficient (Wildman–Crippen LogP) is 1.38. The summed E-state index contributed by atoms with van der Waals surface area (Å²) in [6.45, 7) is 3.45. The van der Waals surface area contributed by atoms with Gasteiger partial charge in [0.25, 0.3) is 0 Å². The van der Waals surface area contributed by atoms with Gasteiger partial charge in [0.05, 0.1) is 11.3 Å². The van der Waals surface area contributed by atoms with E-state index in [4.69, 9.17) is 5.11 Å². The molecule has 0 bridgehead atoms. The van der Waals surface area contributed by atoms with E-state index in [1.54, 1.807) is 19.9 Å². The van der Waals surface area contributed by atoms with Crippen LogP contribution in [0.4, 0.5) is 5.69 Å². The second-order valence-electron chi connectivity index (χ2n) is 4.07. The van der Waals surface area contributed by atoms with E-state index in [9.17, 15) is 13.2 Å². The summed E-state index contributed by atoms with van der Waals surface area (Å²) in [5, 5.41) is 8.96. The SMILES string of the molecule is CC(C)N(C)S(=O)(=O)Nc1ccccc1C(=O)O. The van der Waals surface area contributed by atoms with Gasteiger partial charge in [-0.25, -0.2) is 4.79 Å². The van der Waals surface area contributed by atoms with E-state index in [0.717, 1.165) is 4.31 Å². The molecule has 0 atom stereocenters. The first-order chi connectivity index (χ1) is 8.25. The van der Waals surface area contributed by atoms with Crippen molar-refractivity contribution >= 4 is 21.9 Å². The summed E-state index contributed by atoms with van der Waals surface area (Å²) in [5.41, 5.74) is -0.0317. The summed E-state index contributed by atoms with van der Waals surface area (Å²) in [7, 11) is -2.32. The number of para-hydroxylation sites is 1. The number of carbonyl (C=O) groups is 1. The van der Waals surface area contributed by atoms with Gasteiger partial charge in [0.1, 0.15) is 0 Å². The van der Waals surface area contributed by atoms with Crippen LogP contribution in [0.2, 0.25) is 0 Å². The van der Waals surface area contributed by atoms with Crippen LogP contribution in [0.3, 0.4) is 0 Å². The third-order valence-corrected chi connectivity index (χ3v) is 4.16. The van der Waals surface area contributed by atoms with Crippen LogP contribution in [-0.4, -0.2) is 36.9 Å². The highest BCUT2D eigenvalue weighted by Gasteiger charge is 2.22. The Kier molecular flexibility index (Phi) is 4.31. The number of hydrogen-bond acceptors (Lipinski definition) is 3. The molecule has 0 aliphatic carbocycles. The van der Waals surface area contributed by atoms with Crippen molar-refractivity contribution in [2.75, 3.05) is 11.8 Å². The van der Waals surface area contributed by atoms with E-state index in [-0.39, 0.29) is 17.3 Å². The molecule has 7 heteroatoms. The molecule has 0 spiro atoms. The number of carboxylic acids is 1. The average molecular weight is 272 g/mol. The molecule has 0 fully saturated rings. The van der Waals surface area contributed by atoms with Crippen LogP contribution in [0.5, 0.6) is 0 Å². The van der Waals surface area contributed by atoms with E-state index < -0.39 is 16.2 Å². The van der Waals surface area contributed by atoms with Gasteiger partial charge in [-0.05, 0) is 26.0 Å². The summed E-state index contributed by atoms with van der Waals surface area (Å²) in [4.78, 5) is 11.0. The molecule has 0 aliphatic heterocycles. The third kappa shape index (κ3) is 3.21. The van der Waals surface area contributed by atoms with Gasteiger partial charge in [-0.2, -0.15) is 12.7 Å². The van der Waals surface area contributed by atoms with Crippen molar-refractivity contribution < 1.29 is 18.3 Å².